The zero-order chi connectivity index (χ0) is 19.3. The normalized spacial score (nSPS) is 11.6. The summed E-state index contributed by atoms with van der Waals surface area (Å²) in [5.41, 5.74) is 0.158. The number of benzene rings is 1. The number of aromatic nitrogens is 2. The number of esters is 1. The van der Waals surface area contributed by atoms with Gasteiger partial charge in [-0.05, 0) is 13.0 Å². The Bertz CT molecular complexity index is 929. The van der Waals surface area contributed by atoms with Gasteiger partial charge in [-0.1, -0.05) is 18.2 Å². The van der Waals surface area contributed by atoms with E-state index in [0.717, 1.165) is 0 Å². The molecular weight excluding hydrogens is 336 g/mol. The van der Waals surface area contributed by atoms with Gasteiger partial charge in [-0.2, -0.15) is 10.4 Å². The van der Waals surface area contributed by atoms with Crippen LogP contribution in [0.15, 0.2) is 29.1 Å². The highest BCUT2D eigenvalue weighted by molar-refractivity contribution is 5.88. The lowest BCUT2D eigenvalue weighted by Gasteiger charge is -2.20. The monoisotopic (exact) mass is 356 g/mol. The van der Waals surface area contributed by atoms with Gasteiger partial charge >= 0.3 is 5.97 Å². The predicted octanol–water partition coefficient (Wildman–Crippen LogP) is 0.780. The number of fused-ring (bicyclic) bond motifs is 1. The van der Waals surface area contributed by atoms with Crippen LogP contribution in [-0.2, 0) is 27.8 Å². The zero-order valence-electron chi connectivity index (χ0n) is 14.9. The highest BCUT2D eigenvalue weighted by Gasteiger charge is 2.22. The number of aryl methyl sites for hydroxylation is 1. The molecule has 1 amide bonds. The number of carbonyl (C=O) groups is 2. The summed E-state index contributed by atoms with van der Waals surface area (Å²) in [6.07, 6.45) is -0.921. The molecule has 0 N–H and O–H groups in total. The third-order valence-corrected chi connectivity index (χ3v) is 3.94. The van der Waals surface area contributed by atoms with E-state index in [1.807, 2.05) is 6.07 Å². The standard InChI is InChI=1S/C18H20N4O4/c1-12(17(24)21(2)10-6-9-19)26-16(23)11-15-13-7-4-5-8-14(13)18(25)22(3)20-15/h4-5,7-8,12H,6,10-11H2,1-3H3/t12-/m1/s1. The number of hydrogen-bond acceptors (Lipinski definition) is 6. The number of amides is 1. The summed E-state index contributed by atoms with van der Waals surface area (Å²) >= 11 is 0. The van der Waals surface area contributed by atoms with Crippen molar-refractivity contribution in [1.82, 2.24) is 14.7 Å². The van der Waals surface area contributed by atoms with Crippen molar-refractivity contribution in [3.05, 3.63) is 40.3 Å². The Hall–Kier alpha value is -3.21. The molecule has 0 aliphatic rings. The first-order chi connectivity index (χ1) is 12.3. The molecule has 136 valence electrons. The van der Waals surface area contributed by atoms with E-state index in [4.69, 9.17) is 10.00 Å². The fraction of sp³-hybridized carbons (Fsp3) is 0.389. The number of carbonyl (C=O) groups excluding carboxylic acids is 2. The molecule has 8 nitrogen and oxygen atoms in total. The number of nitriles is 1. The van der Waals surface area contributed by atoms with Crippen LogP contribution in [0.3, 0.4) is 0 Å². The summed E-state index contributed by atoms with van der Waals surface area (Å²) in [4.78, 5) is 37.8. The molecule has 0 fully saturated rings. The Morgan fingerprint density at radius 3 is 2.65 bits per heavy atom. The quantitative estimate of drug-likeness (QED) is 0.708. The fourth-order valence-electron chi connectivity index (χ4n) is 2.57. The van der Waals surface area contributed by atoms with E-state index in [-0.39, 0.29) is 30.9 Å². The molecule has 2 aromatic rings. The van der Waals surface area contributed by atoms with E-state index in [2.05, 4.69) is 5.10 Å². The molecule has 0 aliphatic carbocycles. The lowest BCUT2D eigenvalue weighted by molar-refractivity contribution is -0.158. The summed E-state index contributed by atoms with van der Waals surface area (Å²) in [5, 5.41) is 13.8. The topological polar surface area (TPSA) is 105 Å². The van der Waals surface area contributed by atoms with E-state index in [1.165, 1.54) is 23.6 Å². The highest BCUT2D eigenvalue weighted by atomic mass is 16.5. The van der Waals surface area contributed by atoms with Gasteiger partial charge < -0.3 is 9.64 Å². The van der Waals surface area contributed by atoms with E-state index in [1.54, 1.807) is 31.3 Å². The Morgan fingerprint density at radius 1 is 1.35 bits per heavy atom. The van der Waals surface area contributed by atoms with Gasteiger partial charge in [0.2, 0.25) is 0 Å². The maximum absolute atomic E-state index is 12.2. The predicted molar refractivity (Wildman–Crippen MR) is 94.1 cm³/mol. The lowest BCUT2D eigenvalue weighted by atomic mass is 10.1. The van der Waals surface area contributed by atoms with Gasteiger partial charge in [0.1, 0.15) is 0 Å². The number of likely N-dealkylation sites (N-methyl/N-ethyl adjacent to an activating group) is 1. The first kappa shape index (κ1) is 19.1. The summed E-state index contributed by atoms with van der Waals surface area (Å²) in [7, 11) is 3.06. The molecule has 1 aromatic heterocycles. The van der Waals surface area contributed by atoms with Crippen LogP contribution in [0.25, 0.3) is 10.8 Å². The van der Waals surface area contributed by atoms with Gasteiger partial charge in [-0.3, -0.25) is 14.4 Å². The molecule has 0 bridgehead atoms. The van der Waals surface area contributed by atoms with E-state index in [9.17, 15) is 14.4 Å². The minimum absolute atomic E-state index is 0.159. The van der Waals surface area contributed by atoms with Crippen LogP contribution in [0.2, 0.25) is 0 Å². The third-order valence-electron chi connectivity index (χ3n) is 3.94. The second-order valence-corrected chi connectivity index (χ2v) is 5.90. The molecule has 2 rings (SSSR count). The van der Waals surface area contributed by atoms with Crippen molar-refractivity contribution in [1.29, 1.82) is 5.26 Å². The SMILES string of the molecule is C[C@@H](OC(=O)Cc1nn(C)c(=O)c2ccccc12)C(=O)N(C)CCC#N. The summed E-state index contributed by atoms with van der Waals surface area (Å²) in [6.45, 7) is 1.75. The molecule has 0 radical (unpaired) electrons. The number of ether oxygens (including phenoxy) is 1. The molecule has 0 spiro atoms. The maximum atomic E-state index is 12.2. The molecule has 8 heteroatoms. The average Bonchev–Trinajstić information content (AvgIpc) is 2.63. The summed E-state index contributed by atoms with van der Waals surface area (Å²) < 4.78 is 6.37. The Morgan fingerprint density at radius 2 is 2.00 bits per heavy atom. The van der Waals surface area contributed by atoms with Gasteiger partial charge in [0.25, 0.3) is 11.5 Å². The molecule has 0 saturated heterocycles. The van der Waals surface area contributed by atoms with Gasteiger partial charge in [-0.15, -0.1) is 0 Å². The van der Waals surface area contributed by atoms with Gasteiger partial charge in [0.05, 0.1) is 30.0 Å². The zero-order valence-corrected chi connectivity index (χ0v) is 14.9. The maximum Gasteiger partial charge on any atom is 0.312 e. The van der Waals surface area contributed by atoms with Crippen molar-refractivity contribution >= 4 is 22.6 Å². The lowest BCUT2D eigenvalue weighted by Crippen LogP contribution is -2.38. The van der Waals surface area contributed by atoms with Crippen LogP contribution in [0.4, 0.5) is 0 Å². The summed E-state index contributed by atoms with van der Waals surface area (Å²) in [6, 6.07) is 8.84. The molecular formula is C18H20N4O4. The minimum atomic E-state index is -0.968. The second kappa shape index (κ2) is 8.25. The van der Waals surface area contributed by atoms with Crippen molar-refractivity contribution in [3.8, 4) is 6.07 Å². The van der Waals surface area contributed by atoms with Crippen LogP contribution in [-0.4, -0.2) is 46.3 Å². The van der Waals surface area contributed by atoms with Crippen LogP contribution in [0.5, 0.6) is 0 Å². The minimum Gasteiger partial charge on any atom is -0.452 e. The van der Waals surface area contributed by atoms with Crippen molar-refractivity contribution < 1.29 is 14.3 Å². The smallest absolute Gasteiger partial charge is 0.312 e. The van der Waals surface area contributed by atoms with E-state index >= 15 is 0 Å². The number of rotatable bonds is 6. The summed E-state index contributed by atoms with van der Waals surface area (Å²) in [5.74, 6) is -0.997. The van der Waals surface area contributed by atoms with Gasteiger partial charge in [0, 0.05) is 26.0 Å². The largest absolute Gasteiger partial charge is 0.452 e. The average molecular weight is 356 g/mol. The van der Waals surface area contributed by atoms with Crippen molar-refractivity contribution in [2.24, 2.45) is 7.05 Å². The molecule has 0 unspecified atom stereocenters. The molecule has 1 heterocycles. The fourth-order valence-corrected chi connectivity index (χ4v) is 2.57. The van der Waals surface area contributed by atoms with Crippen LogP contribution < -0.4 is 5.56 Å². The van der Waals surface area contributed by atoms with Crippen molar-refractivity contribution in [2.45, 2.75) is 25.9 Å². The first-order valence-electron chi connectivity index (χ1n) is 8.11. The van der Waals surface area contributed by atoms with Crippen LogP contribution >= 0.6 is 0 Å². The Labute approximate surface area is 150 Å². The molecule has 1 aromatic carbocycles. The molecule has 0 aliphatic heterocycles. The van der Waals surface area contributed by atoms with E-state index < -0.39 is 12.1 Å². The first-order valence-corrected chi connectivity index (χ1v) is 8.11. The van der Waals surface area contributed by atoms with Gasteiger partial charge in [0.15, 0.2) is 6.10 Å². The second-order valence-electron chi connectivity index (χ2n) is 5.90. The van der Waals surface area contributed by atoms with Gasteiger partial charge in [-0.25, -0.2) is 4.68 Å². The number of nitrogens with zero attached hydrogens (tertiary/aromatic N) is 4. The van der Waals surface area contributed by atoms with Crippen LogP contribution in [0, 0.1) is 11.3 Å². The number of hydrogen-bond donors (Lipinski definition) is 0. The molecule has 0 saturated carbocycles. The van der Waals surface area contributed by atoms with Crippen molar-refractivity contribution in [2.75, 3.05) is 13.6 Å². The van der Waals surface area contributed by atoms with Crippen LogP contribution in [0.1, 0.15) is 19.0 Å². The third kappa shape index (κ3) is 4.25. The Balaban J connectivity index is 2.12. The Kier molecular flexibility index (Phi) is 6.07. The molecule has 26 heavy (non-hydrogen) atoms. The van der Waals surface area contributed by atoms with Crippen molar-refractivity contribution in [3.63, 3.8) is 0 Å². The van der Waals surface area contributed by atoms with E-state index in [0.29, 0.717) is 16.5 Å². The highest BCUT2D eigenvalue weighted by Crippen LogP contribution is 2.14. The molecule has 1 atom stereocenters.